The molecule has 0 saturated heterocycles. The maximum absolute atomic E-state index is 4.78. The molecule has 0 radical (unpaired) electrons. The summed E-state index contributed by atoms with van der Waals surface area (Å²) in [5.74, 6) is 0.956. The Morgan fingerprint density at radius 2 is 1.65 bits per heavy atom. The maximum Gasteiger partial charge on any atom is 0.159 e. The van der Waals surface area contributed by atoms with Crippen molar-refractivity contribution in [2.75, 3.05) is 0 Å². The summed E-state index contributed by atoms with van der Waals surface area (Å²) in [6, 6.07) is 2.02. The first-order chi connectivity index (χ1) is 7.69. The Bertz CT molecular complexity index is 541. The van der Waals surface area contributed by atoms with Crippen molar-refractivity contribution in [2.45, 2.75) is 52.4 Å². The van der Waals surface area contributed by atoms with Crippen LogP contribution in [0.25, 0.3) is 5.65 Å². The van der Waals surface area contributed by atoms with E-state index in [1.54, 1.807) is 6.33 Å². The van der Waals surface area contributed by atoms with E-state index in [4.69, 9.17) is 4.98 Å². The van der Waals surface area contributed by atoms with Crippen LogP contribution in [-0.2, 0) is 10.8 Å². The molecule has 0 aliphatic heterocycles. The van der Waals surface area contributed by atoms with Crippen LogP contribution in [0.3, 0.4) is 0 Å². The first-order valence-electron chi connectivity index (χ1n) is 5.91. The Balaban J connectivity index is 2.76. The van der Waals surface area contributed by atoms with Crippen LogP contribution in [0.15, 0.2) is 12.4 Å². The molecule has 4 heteroatoms. The summed E-state index contributed by atoms with van der Waals surface area (Å²) in [6.45, 7) is 12.9. The molecule has 0 atom stereocenters. The van der Waals surface area contributed by atoms with Crippen molar-refractivity contribution in [1.29, 1.82) is 0 Å². The van der Waals surface area contributed by atoms with Crippen LogP contribution in [0.1, 0.15) is 53.1 Å². The number of rotatable bonds is 0. The zero-order valence-corrected chi connectivity index (χ0v) is 11.4. The van der Waals surface area contributed by atoms with Crippen LogP contribution in [-0.4, -0.2) is 19.6 Å². The SMILES string of the molecule is CC(C)(C)c1cc2ncnn2c(C(C)(C)C)n1. The zero-order valence-electron chi connectivity index (χ0n) is 11.4. The van der Waals surface area contributed by atoms with Gasteiger partial charge in [0.05, 0.1) is 5.69 Å². The molecule has 92 valence electrons. The van der Waals surface area contributed by atoms with Crippen molar-refractivity contribution in [3.63, 3.8) is 0 Å². The van der Waals surface area contributed by atoms with E-state index >= 15 is 0 Å². The number of aromatic nitrogens is 4. The molecule has 2 aromatic heterocycles. The highest BCUT2D eigenvalue weighted by atomic mass is 15.3. The van der Waals surface area contributed by atoms with Gasteiger partial charge >= 0.3 is 0 Å². The Morgan fingerprint density at radius 1 is 1.00 bits per heavy atom. The van der Waals surface area contributed by atoms with Crippen molar-refractivity contribution in [1.82, 2.24) is 19.6 Å². The highest BCUT2D eigenvalue weighted by Crippen LogP contribution is 2.26. The molecule has 17 heavy (non-hydrogen) atoms. The van der Waals surface area contributed by atoms with Crippen molar-refractivity contribution in [2.24, 2.45) is 0 Å². The van der Waals surface area contributed by atoms with Gasteiger partial charge in [0.2, 0.25) is 0 Å². The van der Waals surface area contributed by atoms with Gasteiger partial charge in [-0.05, 0) is 0 Å². The number of fused-ring (bicyclic) bond motifs is 1. The lowest BCUT2D eigenvalue weighted by Gasteiger charge is -2.23. The summed E-state index contributed by atoms with van der Waals surface area (Å²) >= 11 is 0. The Labute approximate surface area is 102 Å². The van der Waals surface area contributed by atoms with Gasteiger partial charge in [0.1, 0.15) is 12.2 Å². The smallest absolute Gasteiger partial charge is 0.159 e. The molecule has 0 spiro atoms. The van der Waals surface area contributed by atoms with E-state index in [2.05, 4.69) is 51.6 Å². The predicted molar refractivity (Wildman–Crippen MR) is 68.2 cm³/mol. The first-order valence-corrected chi connectivity index (χ1v) is 5.91. The summed E-state index contributed by atoms with van der Waals surface area (Å²) in [5, 5.41) is 4.25. The molecule has 2 heterocycles. The molecule has 0 aliphatic carbocycles. The third kappa shape index (κ3) is 2.16. The Morgan fingerprint density at radius 3 is 2.18 bits per heavy atom. The standard InChI is InChI=1S/C13H20N4/c1-12(2,3)9-7-10-14-8-15-17(10)11(16-9)13(4,5)6/h7-8H,1-6H3. The van der Waals surface area contributed by atoms with Gasteiger partial charge in [-0.3, -0.25) is 0 Å². The lowest BCUT2D eigenvalue weighted by Crippen LogP contribution is -2.23. The summed E-state index contributed by atoms with van der Waals surface area (Å²) < 4.78 is 1.83. The molecule has 0 amide bonds. The third-order valence-corrected chi connectivity index (χ3v) is 2.71. The van der Waals surface area contributed by atoms with E-state index in [0.29, 0.717) is 0 Å². The topological polar surface area (TPSA) is 43.1 Å². The van der Waals surface area contributed by atoms with Crippen molar-refractivity contribution < 1.29 is 0 Å². The minimum absolute atomic E-state index is 0.0215. The largest absolute Gasteiger partial charge is 0.237 e. The van der Waals surface area contributed by atoms with Crippen molar-refractivity contribution in [3.8, 4) is 0 Å². The van der Waals surface area contributed by atoms with Gasteiger partial charge in [0, 0.05) is 16.9 Å². The van der Waals surface area contributed by atoms with Gasteiger partial charge in [-0.25, -0.2) is 9.97 Å². The second-order valence-corrected chi connectivity index (χ2v) is 6.50. The van der Waals surface area contributed by atoms with Crippen LogP contribution in [0.5, 0.6) is 0 Å². The van der Waals surface area contributed by atoms with Crippen LogP contribution in [0.2, 0.25) is 0 Å². The number of hydrogen-bond donors (Lipinski definition) is 0. The normalized spacial score (nSPS) is 13.3. The molecule has 0 aromatic carbocycles. The van der Waals surface area contributed by atoms with E-state index in [1.165, 1.54) is 0 Å². The average molecular weight is 232 g/mol. The molecule has 0 aliphatic rings. The molecule has 0 fully saturated rings. The molecular formula is C13H20N4. The van der Waals surface area contributed by atoms with Gasteiger partial charge in [-0.2, -0.15) is 9.61 Å². The summed E-state index contributed by atoms with van der Waals surface area (Å²) in [5.41, 5.74) is 1.90. The van der Waals surface area contributed by atoms with Gasteiger partial charge in [-0.15, -0.1) is 0 Å². The van der Waals surface area contributed by atoms with Crippen molar-refractivity contribution in [3.05, 3.63) is 23.9 Å². The lowest BCUT2D eigenvalue weighted by molar-refractivity contribution is 0.498. The molecule has 4 nitrogen and oxygen atoms in total. The zero-order chi connectivity index (χ0) is 12.8. The number of nitrogens with zero attached hydrogens (tertiary/aromatic N) is 4. The van der Waals surface area contributed by atoms with Crippen LogP contribution in [0.4, 0.5) is 0 Å². The first kappa shape index (κ1) is 12.0. The van der Waals surface area contributed by atoms with Crippen LogP contribution < -0.4 is 0 Å². The van der Waals surface area contributed by atoms with Gasteiger partial charge in [0.15, 0.2) is 5.65 Å². The predicted octanol–water partition coefficient (Wildman–Crippen LogP) is 2.72. The van der Waals surface area contributed by atoms with Gasteiger partial charge in [0.25, 0.3) is 0 Å². The highest BCUT2D eigenvalue weighted by molar-refractivity contribution is 5.41. The quantitative estimate of drug-likeness (QED) is 0.701. The molecule has 0 N–H and O–H groups in total. The molecule has 0 unspecified atom stereocenters. The van der Waals surface area contributed by atoms with E-state index in [-0.39, 0.29) is 10.8 Å². The second-order valence-electron chi connectivity index (χ2n) is 6.50. The maximum atomic E-state index is 4.78. The van der Waals surface area contributed by atoms with Crippen LogP contribution >= 0.6 is 0 Å². The minimum Gasteiger partial charge on any atom is -0.237 e. The van der Waals surface area contributed by atoms with Gasteiger partial charge < -0.3 is 0 Å². The number of hydrogen-bond acceptors (Lipinski definition) is 3. The van der Waals surface area contributed by atoms with E-state index < -0.39 is 0 Å². The van der Waals surface area contributed by atoms with E-state index in [0.717, 1.165) is 17.2 Å². The Hall–Kier alpha value is -1.45. The molecule has 2 aromatic rings. The van der Waals surface area contributed by atoms with Gasteiger partial charge in [-0.1, -0.05) is 41.5 Å². The van der Waals surface area contributed by atoms with E-state index in [1.807, 2.05) is 10.6 Å². The van der Waals surface area contributed by atoms with Crippen LogP contribution in [0, 0.1) is 0 Å². The lowest BCUT2D eigenvalue weighted by atomic mass is 9.90. The average Bonchev–Trinajstić information content (AvgIpc) is 2.59. The highest BCUT2D eigenvalue weighted by Gasteiger charge is 2.24. The molecule has 0 saturated carbocycles. The molecule has 0 bridgehead atoms. The molecular weight excluding hydrogens is 212 g/mol. The monoisotopic (exact) mass is 232 g/mol. The fraction of sp³-hybridized carbons (Fsp3) is 0.615. The third-order valence-electron chi connectivity index (χ3n) is 2.71. The fourth-order valence-electron chi connectivity index (χ4n) is 1.70. The summed E-state index contributed by atoms with van der Waals surface area (Å²) in [7, 11) is 0. The fourth-order valence-corrected chi connectivity index (χ4v) is 1.70. The summed E-state index contributed by atoms with van der Waals surface area (Å²) in [6.07, 6.45) is 1.58. The second kappa shape index (κ2) is 3.52. The molecule has 2 rings (SSSR count). The van der Waals surface area contributed by atoms with Crippen molar-refractivity contribution >= 4 is 5.65 Å². The Kier molecular flexibility index (Phi) is 2.49. The minimum atomic E-state index is -0.0484. The van der Waals surface area contributed by atoms with E-state index in [9.17, 15) is 0 Å². The summed E-state index contributed by atoms with van der Waals surface area (Å²) in [4.78, 5) is 9.06.